The topological polar surface area (TPSA) is 80.0 Å². The number of fused-ring (bicyclic) bond motifs is 1. The Hall–Kier alpha value is -2.38. The number of hydrogen-bond acceptors (Lipinski definition) is 6. The summed E-state index contributed by atoms with van der Waals surface area (Å²) in [5.74, 6) is 1.59. The lowest BCUT2D eigenvalue weighted by atomic mass is 10.1. The van der Waals surface area contributed by atoms with Gasteiger partial charge in [-0.1, -0.05) is 0 Å². The van der Waals surface area contributed by atoms with E-state index in [-0.39, 0.29) is 5.56 Å². The van der Waals surface area contributed by atoms with Gasteiger partial charge in [0.05, 0.1) is 12.8 Å². The smallest absolute Gasteiger partial charge is 0.430 e. The van der Waals surface area contributed by atoms with Gasteiger partial charge in [0.2, 0.25) is 0 Å². The molecule has 3 aliphatic heterocycles. The number of carbonyl (C=O) groups is 1. The molecule has 2 saturated heterocycles. The van der Waals surface area contributed by atoms with Crippen molar-refractivity contribution in [2.24, 2.45) is 5.10 Å². The van der Waals surface area contributed by atoms with Crippen LogP contribution in [-0.4, -0.2) is 53.1 Å². The summed E-state index contributed by atoms with van der Waals surface area (Å²) in [4.78, 5) is 31.6. The maximum absolute atomic E-state index is 13.0. The number of hydrazone groups is 1. The van der Waals surface area contributed by atoms with Gasteiger partial charge in [0.25, 0.3) is 5.56 Å². The number of cyclic esters (lactones) is 1. The van der Waals surface area contributed by atoms with E-state index >= 15 is 0 Å². The largest absolute Gasteiger partial charge is 0.446 e. The van der Waals surface area contributed by atoms with Crippen molar-refractivity contribution in [3.05, 3.63) is 21.7 Å². The lowest BCUT2D eigenvalue weighted by Crippen LogP contribution is -2.38. The van der Waals surface area contributed by atoms with Crippen LogP contribution in [0.15, 0.2) is 9.90 Å². The van der Waals surface area contributed by atoms with Gasteiger partial charge in [-0.3, -0.25) is 9.36 Å². The Labute approximate surface area is 146 Å². The molecule has 3 aliphatic rings. The summed E-state index contributed by atoms with van der Waals surface area (Å²) in [6.07, 6.45) is 7.35. The maximum atomic E-state index is 13.0. The zero-order valence-corrected chi connectivity index (χ0v) is 14.3. The molecule has 0 saturated carbocycles. The molecule has 0 N–H and O–H groups in total. The van der Waals surface area contributed by atoms with Gasteiger partial charge in [-0.05, 0) is 32.1 Å². The van der Waals surface area contributed by atoms with Crippen LogP contribution in [-0.2, 0) is 17.7 Å². The molecule has 0 aliphatic carbocycles. The summed E-state index contributed by atoms with van der Waals surface area (Å²) < 4.78 is 6.65. The molecular weight excluding hydrogens is 322 g/mol. The quantitative estimate of drug-likeness (QED) is 0.773. The summed E-state index contributed by atoms with van der Waals surface area (Å²) in [5.41, 5.74) is 0.425. The second-order valence-corrected chi connectivity index (χ2v) is 6.71. The highest BCUT2D eigenvalue weighted by Gasteiger charge is 2.25. The van der Waals surface area contributed by atoms with Crippen LogP contribution in [0.4, 0.5) is 10.6 Å². The lowest BCUT2D eigenvalue weighted by molar-refractivity contribution is 0.159. The number of rotatable bonds is 3. The fraction of sp³-hybridized carbons (Fsp3) is 0.647. The summed E-state index contributed by atoms with van der Waals surface area (Å²) in [7, 11) is 0. The molecule has 1 amide bonds. The molecule has 8 nitrogen and oxygen atoms in total. The van der Waals surface area contributed by atoms with Crippen LogP contribution in [0, 0.1) is 0 Å². The average Bonchev–Trinajstić information content (AvgIpc) is 3.06. The second kappa shape index (κ2) is 6.85. The Bertz CT molecular complexity index is 751. The molecule has 25 heavy (non-hydrogen) atoms. The van der Waals surface area contributed by atoms with Gasteiger partial charge >= 0.3 is 6.09 Å². The third-order valence-electron chi connectivity index (χ3n) is 5.02. The molecule has 0 bridgehead atoms. The molecule has 0 radical (unpaired) electrons. The molecule has 0 spiro atoms. The minimum atomic E-state index is -0.471. The van der Waals surface area contributed by atoms with Crippen molar-refractivity contribution in [2.75, 3.05) is 31.1 Å². The molecule has 0 unspecified atom stereocenters. The monoisotopic (exact) mass is 345 g/mol. The van der Waals surface area contributed by atoms with Gasteiger partial charge in [0.15, 0.2) is 0 Å². The zero-order chi connectivity index (χ0) is 17.2. The Kier molecular flexibility index (Phi) is 4.42. The molecule has 134 valence electrons. The molecule has 2 fully saturated rings. The highest BCUT2D eigenvalue weighted by molar-refractivity contribution is 5.87. The predicted molar refractivity (Wildman–Crippen MR) is 93.1 cm³/mol. The summed E-state index contributed by atoms with van der Waals surface area (Å²) in [6.45, 7) is 3.25. The third kappa shape index (κ3) is 3.12. The van der Waals surface area contributed by atoms with Gasteiger partial charge in [0, 0.05) is 26.1 Å². The number of piperidine rings is 1. The van der Waals surface area contributed by atoms with E-state index in [1.54, 1.807) is 4.57 Å². The van der Waals surface area contributed by atoms with Crippen molar-refractivity contribution < 1.29 is 9.53 Å². The van der Waals surface area contributed by atoms with Crippen LogP contribution in [0.1, 0.15) is 43.5 Å². The third-order valence-corrected chi connectivity index (χ3v) is 5.02. The van der Waals surface area contributed by atoms with Gasteiger partial charge in [-0.15, -0.1) is 0 Å². The highest BCUT2D eigenvalue weighted by atomic mass is 16.6. The number of hydrogen-bond donors (Lipinski definition) is 0. The Balaban J connectivity index is 1.75. The number of ether oxygens (including phenoxy) is 1. The number of aryl methyl sites for hydroxylation is 1. The van der Waals surface area contributed by atoms with Crippen molar-refractivity contribution in [3.8, 4) is 0 Å². The van der Waals surface area contributed by atoms with Crippen LogP contribution in [0.5, 0.6) is 0 Å². The van der Waals surface area contributed by atoms with E-state index in [1.165, 1.54) is 17.6 Å². The Morgan fingerprint density at radius 3 is 2.56 bits per heavy atom. The molecule has 0 aromatic carbocycles. The van der Waals surface area contributed by atoms with Crippen LogP contribution >= 0.6 is 0 Å². The van der Waals surface area contributed by atoms with Crippen molar-refractivity contribution in [1.29, 1.82) is 0 Å². The number of anilines is 1. The van der Waals surface area contributed by atoms with Crippen LogP contribution in [0.2, 0.25) is 0 Å². The van der Waals surface area contributed by atoms with Crippen molar-refractivity contribution in [1.82, 2.24) is 14.6 Å². The van der Waals surface area contributed by atoms with E-state index in [0.29, 0.717) is 31.1 Å². The highest BCUT2D eigenvalue weighted by Crippen LogP contribution is 2.22. The first-order valence-electron chi connectivity index (χ1n) is 9.11. The first-order chi connectivity index (χ1) is 12.2. The maximum Gasteiger partial charge on any atom is 0.430 e. The Morgan fingerprint density at radius 1 is 1.00 bits per heavy atom. The first-order valence-corrected chi connectivity index (χ1v) is 9.11. The first kappa shape index (κ1) is 16.1. The van der Waals surface area contributed by atoms with E-state index < -0.39 is 6.09 Å². The van der Waals surface area contributed by atoms with Crippen molar-refractivity contribution in [2.45, 2.75) is 45.1 Å². The molecule has 1 aromatic heterocycles. The summed E-state index contributed by atoms with van der Waals surface area (Å²) in [6, 6.07) is 0. The van der Waals surface area contributed by atoms with E-state index in [1.807, 2.05) is 0 Å². The van der Waals surface area contributed by atoms with E-state index in [0.717, 1.165) is 51.0 Å². The minimum Gasteiger partial charge on any atom is -0.446 e. The number of amides is 1. The SMILES string of the molecule is O=C1OCCN1N=Cc1c(N2CCCCC2)nc2n(c1=O)CCCC2. The van der Waals surface area contributed by atoms with Crippen LogP contribution < -0.4 is 10.5 Å². The number of aromatic nitrogens is 2. The number of nitrogens with zero attached hydrogens (tertiary/aromatic N) is 5. The van der Waals surface area contributed by atoms with E-state index in [4.69, 9.17) is 9.72 Å². The van der Waals surface area contributed by atoms with Gasteiger partial charge in [0.1, 0.15) is 23.8 Å². The predicted octanol–water partition coefficient (Wildman–Crippen LogP) is 1.36. The summed E-state index contributed by atoms with van der Waals surface area (Å²) in [5, 5.41) is 5.45. The molecule has 4 rings (SSSR count). The van der Waals surface area contributed by atoms with Gasteiger partial charge in [-0.2, -0.15) is 10.1 Å². The molecular formula is C17H23N5O3. The standard InChI is InChI=1S/C17H23N5O3/c23-16-13(12-18-22-10-11-25-17(22)24)15(20-7-3-1-4-8-20)19-14-6-2-5-9-21(14)16/h12H,1-11H2. The van der Waals surface area contributed by atoms with Crippen LogP contribution in [0.3, 0.4) is 0 Å². The molecule has 1 aromatic rings. The van der Waals surface area contributed by atoms with E-state index in [2.05, 4.69) is 10.0 Å². The molecule has 4 heterocycles. The fourth-order valence-corrected chi connectivity index (χ4v) is 3.65. The lowest BCUT2D eigenvalue weighted by Gasteiger charge is -2.30. The van der Waals surface area contributed by atoms with Crippen molar-refractivity contribution in [3.63, 3.8) is 0 Å². The van der Waals surface area contributed by atoms with Gasteiger partial charge in [-0.25, -0.2) is 9.78 Å². The zero-order valence-electron chi connectivity index (χ0n) is 14.3. The van der Waals surface area contributed by atoms with Crippen LogP contribution in [0.25, 0.3) is 0 Å². The normalized spacial score (nSPS) is 20.9. The Morgan fingerprint density at radius 2 is 1.80 bits per heavy atom. The van der Waals surface area contributed by atoms with E-state index in [9.17, 15) is 9.59 Å². The summed E-state index contributed by atoms with van der Waals surface area (Å²) >= 11 is 0. The average molecular weight is 345 g/mol. The minimum absolute atomic E-state index is 0.0541. The van der Waals surface area contributed by atoms with Gasteiger partial charge < -0.3 is 9.64 Å². The molecule has 0 atom stereocenters. The molecule has 8 heteroatoms. The van der Waals surface area contributed by atoms with Crippen molar-refractivity contribution >= 4 is 18.1 Å². The fourth-order valence-electron chi connectivity index (χ4n) is 3.65. The number of carbonyl (C=O) groups excluding carboxylic acids is 1. The second-order valence-electron chi connectivity index (χ2n) is 6.71.